The second-order valence-corrected chi connectivity index (χ2v) is 5.58. The molecule has 0 spiro atoms. The van der Waals surface area contributed by atoms with E-state index in [2.05, 4.69) is 5.32 Å². The summed E-state index contributed by atoms with van der Waals surface area (Å²) >= 11 is 0. The van der Waals surface area contributed by atoms with E-state index < -0.39 is 0 Å². The lowest BCUT2D eigenvalue weighted by Gasteiger charge is -2.10. The fourth-order valence-electron chi connectivity index (χ4n) is 2.47. The Balaban J connectivity index is 1.93. The Morgan fingerprint density at radius 3 is 2.77 bits per heavy atom. The SMILES string of the molecule is CC(C)=CC(=O)NCCC(=O)c1ccc2c(c1)CCN2C=O. The molecule has 1 aromatic rings. The summed E-state index contributed by atoms with van der Waals surface area (Å²) < 4.78 is 0. The van der Waals surface area contributed by atoms with E-state index >= 15 is 0 Å². The van der Waals surface area contributed by atoms with Crippen molar-refractivity contribution in [3.8, 4) is 0 Å². The van der Waals surface area contributed by atoms with Gasteiger partial charge in [-0.05, 0) is 44.0 Å². The molecule has 2 amide bonds. The first-order valence-corrected chi connectivity index (χ1v) is 7.32. The molecule has 2 rings (SSSR count). The average Bonchev–Trinajstić information content (AvgIpc) is 2.88. The van der Waals surface area contributed by atoms with Crippen LogP contribution in [0.15, 0.2) is 29.8 Å². The standard InChI is InChI=1S/C17H20N2O3/c1-12(2)9-17(22)18-7-5-16(21)14-3-4-15-13(10-14)6-8-19(15)11-20/h3-4,9-11H,5-8H2,1-2H3,(H,18,22). The number of anilines is 1. The van der Waals surface area contributed by atoms with E-state index in [1.165, 1.54) is 6.08 Å². The van der Waals surface area contributed by atoms with Crippen LogP contribution in [0.2, 0.25) is 0 Å². The van der Waals surface area contributed by atoms with Crippen LogP contribution < -0.4 is 10.2 Å². The molecule has 0 aliphatic carbocycles. The van der Waals surface area contributed by atoms with Crippen molar-refractivity contribution in [2.75, 3.05) is 18.0 Å². The first-order chi connectivity index (χ1) is 10.5. The molecule has 0 radical (unpaired) electrons. The van der Waals surface area contributed by atoms with Crippen molar-refractivity contribution < 1.29 is 14.4 Å². The van der Waals surface area contributed by atoms with Crippen LogP contribution in [-0.2, 0) is 16.0 Å². The van der Waals surface area contributed by atoms with Crippen LogP contribution in [0, 0.1) is 0 Å². The number of carbonyl (C=O) groups excluding carboxylic acids is 3. The molecule has 1 aliphatic heterocycles. The maximum Gasteiger partial charge on any atom is 0.243 e. The summed E-state index contributed by atoms with van der Waals surface area (Å²) in [6.07, 6.45) is 3.35. The number of amides is 2. The predicted octanol–water partition coefficient (Wildman–Crippen LogP) is 1.86. The molecule has 0 aromatic heterocycles. The van der Waals surface area contributed by atoms with Gasteiger partial charge in [-0.3, -0.25) is 14.4 Å². The van der Waals surface area contributed by atoms with E-state index in [0.29, 0.717) is 18.7 Å². The minimum Gasteiger partial charge on any atom is -0.352 e. The smallest absolute Gasteiger partial charge is 0.243 e. The van der Waals surface area contributed by atoms with Crippen LogP contribution in [0.25, 0.3) is 0 Å². The maximum absolute atomic E-state index is 12.1. The number of fused-ring (bicyclic) bond motifs is 1. The fraction of sp³-hybridized carbons (Fsp3) is 0.353. The Morgan fingerprint density at radius 1 is 1.32 bits per heavy atom. The third kappa shape index (κ3) is 3.81. The number of Topliss-reactive ketones (excluding diaryl/α,β-unsaturated/α-hetero) is 1. The Morgan fingerprint density at radius 2 is 2.09 bits per heavy atom. The zero-order valence-electron chi connectivity index (χ0n) is 12.9. The third-order valence-corrected chi connectivity index (χ3v) is 3.53. The topological polar surface area (TPSA) is 66.5 Å². The first-order valence-electron chi connectivity index (χ1n) is 7.32. The second kappa shape index (κ2) is 7.02. The quantitative estimate of drug-likeness (QED) is 0.495. The molecule has 5 nitrogen and oxygen atoms in total. The predicted molar refractivity (Wildman–Crippen MR) is 84.9 cm³/mol. The number of hydrogen-bond acceptors (Lipinski definition) is 3. The molecule has 0 bridgehead atoms. The van der Waals surface area contributed by atoms with Crippen molar-refractivity contribution in [1.29, 1.82) is 0 Å². The Hall–Kier alpha value is -2.43. The molecule has 0 saturated heterocycles. The summed E-state index contributed by atoms with van der Waals surface area (Å²) in [7, 11) is 0. The second-order valence-electron chi connectivity index (χ2n) is 5.58. The van der Waals surface area contributed by atoms with Gasteiger partial charge in [0.05, 0.1) is 0 Å². The number of carbonyl (C=O) groups is 3. The van der Waals surface area contributed by atoms with Gasteiger partial charge in [-0.2, -0.15) is 0 Å². The number of benzene rings is 1. The monoisotopic (exact) mass is 300 g/mol. The number of ketones is 1. The van der Waals surface area contributed by atoms with E-state index in [1.54, 1.807) is 11.0 Å². The van der Waals surface area contributed by atoms with Crippen LogP contribution in [-0.4, -0.2) is 31.2 Å². The van der Waals surface area contributed by atoms with Gasteiger partial charge in [-0.25, -0.2) is 0 Å². The van der Waals surface area contributed by atoms with Crippen molar-refractivity contribution in [1.82, 2.24) is 5.32 Å². The van der Waals surface area contributed by atoms with Gasteiger partial charge in [0.25, 0.3) is 0 Å². The molecule has 0 fully saturated rings. The third-order valence-electron chi connectivity index (χ3n) is 3.53. The fourth-order valence-corrected chi connectivity index (χ4v) is 2.47. The molecular weight excluding hydrogens is 280 g/mol. The molecule has 5 heteroatoms. The Bertz CT molecular complexity index is 631. The molecule has 1 N–H and O–H groups in total. The lowest BCUT2D eigenvalue weighted by Crippen LogP contribution is -2.24. The molecule has 1 heterocycles. The van der Waals surface area contributed by atoms with Gasteiger partial charge in [0.2, 0.25) is 12.3 Å². The van der Waals surface area contributed by atoms with Gasteiger partial charge in [0.1, 0.15) is 0 Å². The molecule has 0 unspecified atom stereocenters. The van der Waals surface area contributed by atoms with Gasteiger partial charge in [0, 0.05) is 36.8 Å². The van der Waals surface area contributed by atoms with Crippen LogP contribution in [0.4, 0.5) is 5.69 Å². The molecule has 0 saturated carbocycles. The number of allylic oxidation sites excluding steroid dienone is 1. The summed E-state index contributed by atoms with van der Waals surface area (Å²) in [5, 5.41) is 2.69. The lowest BCUT2D eigenvalue weighted by molar-refractivity contribution is -0.116. The van der Waals surface area contributed by atoms with Gasteiger partial charge in [-0.1, -0.05) is 5.57 Å². The number of hydrogen-bond donors (Lipinski definition) is 1. The van der Waals surface area contributed by atoms with Crippen molar-refractivity contribution in [2.45, 2.75) is 26.7 Å². The van der Waals surface area contributed by atoms with Crippen LogP contribution >= 0.6 is 0 Å². The van der Waals surface area contributed by atoms with E-state index in [9.17, 15) is 14.4 Å². The minimum atomic E-state index is -0.177. The van der Waals surface area contributed by atoms with Crippen LogP contribution in [0.1, 0.15) is 36.2 Å². The first kappa shape index (κ1) is 15.9. The van der Waals surface area contributed by atoms with Crippen molar-refractivity contribution in [3.05, 3.63) is 41.0 Å². The van der Waals surface area contributed by atoms with Gasteiger partial charge in [0.15, 0.2) is 5.78 Å². The molecule has 0 atom stereocenters. The summed E-state index contributed by atoms with van der Waals surface area (Å²) in [5.74, 6) is -0.187. The number of nitrogens with zero attached hydrogens (tertiary/aromatic N) is 1. The molecule has 22 heavy (non-hydrogen) atoms. The van der Waals surface area contributed by atoms with Crippen LogP contribution in [0.5, 0.6) is 0 Å². The highest BCUT2D eigenvalue weighted by Crippen LogP contribution is 2.27. The summed E-state index contributed by atoms with van der Waals surface area (Å²) in [4.78, 5) is 36.1. The minimum absolute atomic E-state index is 0.00940. The Labute approximate surface area is 130 Å². The number of rotatable bonds is 6. The van der Waals surface area contributed by atoms with Crippen molar-refractivity contribution >= 4 is 23.8 Å². The normalized spacial score (nSPS) is 12.5. The van der Waals surface area contributed by atoms with E-state index in [4.69, 9.17) is 0 Å². The maximum atomic E-state index is 12.1. The number of nitrogens with one attached hydrogen (secondary N) is 1. The molecule has 1 aliphatic rings. The zero-order valence-corrected chi connectivity index (χ0v) is 12.9. The highest BCUT2D eigenvalue weighted by Gasteiger charge is 2.19. The average molecular weight is 300 g/mol. The van der Waals surface area contributed by atoms with Crippen molar-refractivity contribution in [3.63, 3.8) is 0 Å². The van der Waals surface area contributed by atoms with Gasteiger partial charge >= 0.3 is 0 Å². The van der Waals surface area contributed by atoms with E-state index in [0.717, 1.165) is 29.7 Å². The summed E-state index contributed by atoms with van der Waals surface area (Å²) in [6.45, 7) is 4.67. The largest absolute Gasteiger partial charge is 0.352 e. The zero-order chi connectivity index (χ0) is 16.1. The van der Waals surface area contributed by atoms with E-state index in [1.807, 2.05) is 26.0 Å². The summed E-state index contributed by atoms with van der Waals surface area (Å²) in [5.41, 5.74) is 3.44. The Kier molecular flexibility index (Phi) is 5.09. The molecule has 1 aromatic carbocycles. The van der Waals surface area contributed by atoms with Gasteiger partial charge < -0.3 is 10.2 Å². The van der Waals surface area contributed by atoms with Gasteiger partial charge in [-0.15, -0.1) is 0 Å². The highest BCUT2D eigenvalue weighted by atomic mass is 16.2. The lowest BCUT2D eigenvalue weighted by atomic mass is 10.0. The van der Waals surface area contributed by atoms with Crippen LogP contribution in [0.3, 0.4) is 0 Å². The summed E-state index contributed by atoms with van der Waals surface area (Å²) in [6, 6.07) is 5.39. The van der Waals surface area contributed by atoms with E-state index in [-0.39, 0.29) is 18.1 Å². The molecule has 116 valence electrons. The molecular formula is C17H20N2O3. The van der Waals surface area contributed by atoms with Crippen molar-refractivity contribution in [2.24, 2.45) is 0 Å². The highest BCUT2D eigenvalue weighted by molar-refractivity contribution is 5.98.